The number of aldehydes is 1. The Bertz CT molecular complexity index is 363. The maximum atomic E-state index is 10.4. The molecule has 0 amide bonds. The summed E-state index contributed by atoms with van der Waals surface area (Å²) in [5.41, 5.74) is 2.24. The number of carbonyl (C=O) groups is 1. The fraction of sp³-hybridized carbons (Fsp3) is 0.625. The Morgan fingerprint density at radius 1 is 1.28 bits per heavy atom. The summed E-state index contributed by atoms with van der Waals surface area (Å²) < 4.78 is 0. The SMILES string of the molecule is CCC[C@H]1CC[C@H](c2ccc(CC=O)cn2)CC1. The van der Waals surface area contributed by atoms with Crippen molar-refractivity contribution in [2.75, 3.05) is 0 Å². The first kappa shape index (κ1) is 13.3. The molecule has 18 heavy (non-hydrogen) atoms. The summed E-state index contributed by atoms with van der Waals surface area (Å²) in [7, 11) is 0. The van der Waals surface area contributed by atoms with Gasteiger partial charge in [-0.3, -0.25) is 4.98 Å². The van der Waals surface area contributed by atoms with Gasteiger partial charge >= 0.3 is 0 Å². The van der Waals surface area contributed by atoms with Crippen LogP contribution in [-0.2, 0) is 11.2 Å². The van der Waals surface area contributed by atoms with Crippen LogP contribution in [0.3, 0.4) is 0 Å². The molecule has 1 saturated carbocycles. The Kier molecular flexibility index (Phi) is 4.91. The lowest BCUT2D eigenvalue weighted by Crippen LogP contribution is -2.14. The molecule has 0 aromatic carbocycles. The van der Waals surface area contributed by atoms with E-state index in [2.05, 4.69) is 24.0 Å². The number of aromatic nitrogens is 1. The van der Waals surface area contributed by atoms with E-state index in [0.717, 1.165) is 17.8 Å². The van der Waals surface area contributed by atoms with Crippen molar-refractivity contribution in [1.29, 1.82) is 0 Å². The van der Waals surface area contributed by atoms with Crippen LogP contribution in [-0.4, -0.2) is 11.3 Å². The molecule has 0 unspecified atom stereocenters. The fourth-order valence-corrected chi connectivity index (χ4v) is 3.05. The highest BCUT2D eigenvalue weighted by atomic mass is 16.1. The molecule has 0 radical (unpaired) electrons. The van der Waals surface area contributed by atoms with Gasteiger partial charge in [0.15, 0.2) is 0 Å². The molecule has 1 aliphatic carbocycles. The molecule has 1 aromatic heterocycles. The van der Waals surface area contributed by atoms with Gasteiger partial charge in [0.05, 0.1) is 0 Å². The standard InChI is InChI=1S/C16H23NO/c1-2-3-13-4-7-15(8-5-13)16-9-6-14(10-11-18)12-17-16/h6,9,11-13,15H,2-5,7-8,10H2,1H3/t13-,15-. The monoisotopic (exact) mass is 245 g/mol. The number of pyridine rings is 1. The predicted octanol–water partition coefficient (Wildman–Crippen LogP) is 3.90. The molecular formula is C16H23NO. The van der Waals surface area contributed by atoms with Gasteiger partial charge in [-0.25, -0.2) is 0 Å². The van der Waals surface area contributed by atoms with Crippen LogP contribution in [0.5, 0.6) is 0 Å². The van der Waals surface area contributed by atoms with Crippen LogP contribution < -0.4 is 0 Å². The Morgan fingerprint density at radius 3 is 2.61 bits per heavy atom. The highest BCUT2D eigenvalue weighted by Gasteiger charge is 2.22. The first-order chi connectivity index (χ1) is 8.83. The third-order valence-electron chi connectivity index (χ3n) is 4.13. The summed E-state index contributed by atoms with van der Waals surface area (Å²) in [4.78, 5) is 15.0. The van der Waals surface area contributed by atoms with E-state index < -0.39 is 0 Å². The van der Waals surface area contributed by atoms with Crippen LogP contribution in [0.2, 0.25) is 0 Å². The average molecular weight is 245 g/mol. The number of nitrogens with zero attached hydrogens (tertiary/aromatic N) is 1. The average Bonchev–Trinajstić information content (AvgIpc) is 2.41. The molecule has 1 aromatic rings. The van der Waals surface area contributed by atoms with E-state index in [1.54, 1.807) is 0 Å². The summed E-state index contributed by atoms with van der Waals surface area (Å²) in [6.07, 6.45) is 11.3. The fourth-order valence-electron chi connectivity index (χ4n) is 3.05. The second-order valence-electron chi connectivity index (χ2n) is 5.47. The molecular weight excluding hydrogens is 222 g/mol. The first-order valence-electron chi connectivity index (χ1n) is 7.22. The van der Waals surface area contributed by atoms with E-state index in [9.17, 15) is 4.79 Å². The Balaban J connectivity index is 1.90. The highest BCUT2D eigenvalue weighted by Crippen LogP contribution is 2.36. The largest absolute Gasteiger partial charge is 0.303 e. The zero-order valence-electron chi connectivity index (χ0n) is 11.3. The number of hydrogen-bond acceptors (Lipinski definition) is 2. The summed E-state index contributed by atoms with van der Waals surface area (Å²) in [5, 5.41) is 0. The lowest BCUT2D eigenvalue weighted by Gasteiger charge is -2.28. The molecule has 2 heteroatoms. The second kappa shape index (κ2) is 6.67. The van der Waals surface area contributed by atoms with Gasteiger partial charge in [0.1, 0.15) is 6.29 Å². The smallest absolute Gasteiger partial charge is 0.124 e. The summed E-state index contributed by atoms with van der Waals surface area (Å²) in [6.45, 7) is 2.28. The Hall–Kier alpha value is -1.18. The van der Waals surface area contributed by atoms with Crippen molar-refractivity contribution < 1.29 is 4.79 Å². The van der Waals surface area contributed by atoms with Gasteiger partial charge in [0, 0.05) is 24.2 Å². The van der Waals surface area contributed by atoms with E-state index in [1.807, 2.05) is 6.20 Å². The van der Waals surface area contributed by atoms with Crippen LogP contribution in [0.1, 0.15) is 62.6 Å². The van der Waals surface area contributed by atoms with Crippen LogP contribution >= 0.6 is 0 Å². The lowest BCUT2D eigenvalue weighted by molar-refractivity contribution is -0.107. The first-order valence-corrected chi connectivity index (χ1v) is 7.22. The third kappa shape index (κ3) is 3.41. The molecule has 0 saturated heterocycles. The van der Waals surface area contributed by atoms with E-state index >= 15 is 0 Å². The van der Waals surface area contributed by atoms with Gasteiger partial charge in [0.2, 0.25) is 0 Å². The van der Waals surface area contributed by atoms with Crippen molar-refractivity contribution >= 4 is 6.29 Å². The van der Waals surface area contributed by atoms with E-state index in [-0.39, 0.29) is 0 Å². The van der Waals surface area contributed by atoms with Gasteiger partial charge in [-0.1, -0.05) is 25.8 Å². The van der Waals surface area contributed by atoms with E-state index in [0.29, 0.717) is 12.3 Å². The van der Waals surface area contributed by atoms with Crippen LogP contribution in [0.25, 0.3) is 0 Å². The summed E-state index contributed by atoms with van der Waals surface area (Å²) >= 11 is 0. The predicted molar refractivity (Wildman–Crippen MR) is 73.6 cm³/mol. The molecule has 1 heterocycles. The van der Waals surface area contributed by atoms with Gasteiger partial charge in [-0.15, -0.1) is 0 Å². The van der Waals surface area contributed by atoms with Crippen molar-refractivity contribution in [3.05, 3.63) is 29.6 Å². The maximum Gasteiger partial charge on any atom is 0.124 e. The third-order valence-corrected chi connectivity index (χ3v) is 4.13. The molecule has 1 fully saturated rings. The van der Waals surface area contributed by atoms with Crippen molar-refractivity contribution in [1.82, 2.24) is 4.98 Å². The maximum absolute atomic E-state index is 10.4. The molecule has 0 bridgehead atoms. The topological polar surface area (TPSA) is 30.0 Å². The number of carbonyl (C=O) groups excluding carboxylic acids is 1. The molecule has 0 aliphatic heterocycles. The van der Waals surface area contributed by atoms with Crippen molar-refractivity contribution in [2.45, 2.75) is 57.8 Å². The summed E-state index contributed by atoms with van der Waals surface area (Å²) in [5.74, 6) is 1.59. The van der Waals surface area contributed by atoms with Gasteiger partial charge in [-0.05, 0) is 43.2 Å². The zero-order valence-corrected chi connectivity index (χ0v) is 11.3. The number of rotatable bonds is 5. The van der Waals surface area contributed by atoms with Crippen LogP contribution in [0.15, 0.2) is 18.3 Å². The Labute approximate surface area is 110 Å². The Morgan fingerprint density at radius 2 is 2.06 bits per heavy atom. The second-order valence-corrected chi connectivity index (χ2v) is 5.47. The highest BCUT2D eigenvalue weighted by molar-refractivity contribution is 5.54. The normalized spacial score (nSPS) is 23.8. The minimum Gasteiger partial charge on any atom is -0.303 e. The quantitative estimate of drug-likeness (QED) is 0.736. The van der Waals surface area contributed by atoms with Gasteiger partial charge < -0.3 is 4.79 Å². The van der Waals surface area contributed by atoms with Gasteiger partial charge in [-0.2, -0.15) is 0 Å². The minimum atomic E-state index is 0.483. The summed E-state index contributed by atoms with van der Waals surface area (Å²) in [6, 6.07) is 4.17. The molecule has 98 valence electrons. The number of hydrogen-bond donors (Lipinski definition) is 0. The minimum absolute atomic E-state index is 0.483. The van der Waals surface area contributed by atoms with E-state index in [4.69, 9.17) is 0 Å². The molecule has 0 atom stereocenters. The van der Waals surface area contributed by atoms with Crippen molar-refractivity contribution in [3.8, 4) is 0 Å². The molecule has 2 rings (SSSR count). The van der Waals surface area contributed by atoms with Crippen molar-refractivity contribution in [2.24, 2.45) is 5.92 Å². The van der Waals surface area contributed by atoms with Gasteiger partial charge in [0.25, 0.3) is 0 Å². The van der Waals surface area contributed by atoms with E-state index in [1.165, 1.54) is 44.2 Å². The van der Waals surface area contributed by atoms with Crippen molar-refractivity contribution in [3.63, 3.8) is 0 Å². The molecule has 1 aliphatic rings. The van der Waals surface area contributed by atoms with Crippen LogP contribution in [0.4, 0.5) is 0 Å². The molecule has 0 spiro atoms. The van der Waals surface area contributed by atoms with Crippen LogP contribution in [0, 0.1) is 5.92 Å². The molecule has 0 N–H and O–H groups in total. The zero-order chi connectivity index (χ0) is 12.8. The lowest BCUT2D eigenvalue weighted by atomic mass is 9.78. The molecule has 2 nitrogen and oxygen atoms in total.